The Hall–Kier alpha value is -1.31. The number of thiophene rings is 1. The molecule has 4 heteroatoms. The number of nitriles is 1. The Balaban J connectivity index is 2.11. The molecule has 0 radical (unpaired) electrons. The van der Waals surface area contributed by atoms with Gasteiger partial charge in [0, 0.05) is 17.1 Å². The van der Waals surface area contributed by atoms with E-state index in [0.29, 0.717) is 5.56 Å². The maximum Gasteiger partial charge on any atom is 0.0992 e. The van der Waals surface area contributed by atoms with Crippen molar-refractivity contribution in [3.8, 4) is 6.07 Å². The van der Waals surface area contributed by atoms with Crippen molar-refractivity contribution in [2.45, 2.75) is 13.5 Å². The van der Waals surface area contributed by atoms with Crippen molar-refractivity contribution in [3.05, 3.63) is 50.1 Å². The molecule has 17 heavy (non-hydrogen) atoms. The summed E-state index contributed by atoms with van der Waals surface area (Å²) >= 11 is 5.16. The summed E-state index contributed by atoms with van der Waals surface area (Å²) in [6.45, 7) is 2.82. The number of rotatable bonds is 3. The van der Waals surface area contributed by atoms with E-state index in [9.17, 15) is 0 Å². The van der Waals surface area contributed by atoms with Crippen LogP contribution in [0.2, 0.25) is 0 Å². The van der Waals surface area contributed by atoms with Crippen molar-refractivity contribution in [2.75, 3.05) is 5.32 Å². The van der Waals surface area contributed by atoms with E-state index in [1.807, 2.05) is 31.2 Å². The zero-order valence-electron chi connectivity index (χ0n) is 9.33. The number of benzene rings is 1. The monoisotopic (exact) mass is 306 g/mol. The fourth-order valence-corrected chi connectivity index (χ4v) is 2.93. The molecule has 0 saturated heterocycles. The summed E-state index contributed by atoms with van der Waals surface area (Å²) in [5, 5.41) is 12.2. The molecule has 1 aromatic heterocycles. The Morgan fingerprint density at radius 1 is 1.35 bits per heavy atom. The Bertz CT molecular complexity index is 569. The zero-order valence-corrected chi connectivity index (χ0v) is 11.7. The van der Waals surface area contributed by atoms with Crippen LogP contribution in [0.15, 0.2) is 34.1 Å². The van der Waals surface area contributed by atoms with Crippen LogP contribution < -0.4 is 5.32 Å². The lowest BCUT2D eigenvalue weighted by molar-refractivity contribution is 1.18. The molecule has 0 fully saturated rings. The lowest BCUT2D eigenvalue weighted by atomic mass is 10.1. The van der Waals surface area contributed by atoms with E-state index in [2.05, 4.69) is 33.4 Å². The van der Waals surface area contributed by atoms with Gasteiger partial charge in [-0.15, -0.1) is 11.3 Å². The number of nitrogens with one attached hydrogen (secondary N) is 1. The number of aryl methyl sites for hydroxylation is 1. The topological polar surface area (TPSA) is 35.8 Å². The zero-order chi connectivity index (χ0) is 12.3. The molecule has 0 aliphatic carbocycles. The van der Waals surface area contributed by atoms with Gasteiger partial charge in [-0.25, -0.2) is 0 Å². The van der Waals surface area contributed by atoms with Crippen LogP contribution in [0.3, 0.4) is 0 Å². The maximum atomic E-state index is 8.86. The lowest BCUT2D eigenvalue weighted by Crippen LogP contribution is -1.99. The summed E-state index contributed by atoms with van der Waals surface area (Å²) in [5.41, 5.74) is 2.86. The molecule has 1 heterocycles. The highest BCUT2D eigenvalue weighted by molar-refractivity contribution is 9.11. The van der Waals surface area contributed by atoms with Gasteiger partial charge in [0.1, 0.15) is 0 Å². The van der Waals surface area contributed by atoms with Gasteiger partial charge >= 0.3 is 0 Å². The molecule has 2 aromatic rings. The first kappa shape index (κ1) is 12.2. The van der Waals surface area contributed by atoms with Crippen LogP contribution in [0, 0.1) is 18.3 Å². The molecule has 1 aromatic carbocycles. The predicted octanol–water partition coefficient (Wildman–Crippen LogP) is 4.30. The number of halogens is 1. The van der Waals surface area contributed by atoms with Gasteiger partial charge in [-0.05, 0) is 52.7 Å². The van der Waals surface area contributed by atoms with Gasteiger partial charge < -0.3 is 5.32 Å². The van der Waals surface area contributed by atoms with E-state index in [1.54, 1.807) is 11.3 Å². The van der Waals surface area contributed by atoms with Crippen molar-refractivity contribution in [1.29, 1.82) is 5.26 Å². The van der Waals surface area contributed by atoms with Crippen molar-refractivity contribution < 1.29 is 0 Å². The predicted molar refractivity (Wildman–Crippen MR) is 75.2 cm³/mol. The Kier molecular flexibility index (Phi) is 3.82. The Labute approximate surface area is 113 Å². The van der Waals surface area contributed by atoms with E-state index in [0.717, 1.165) is 21.6 Å². The highest BCUT2D eigenvalue weighted by Crippen LogP contribution is 2.24. The Morgan fingerprint density at radius 2 is 2.18 bits per heavy atom. The van der Waals surface area contributed by atoms with Gasteiger partial charge in [0.05, 0.1) is 15.4 Å². The minimum Gasteiger partial charge on any atom is -0.380 e. The highest BCUT2D eigenvalue weighted by atomic mass is 79.9. The average molecular weight is 307 g/mol. The summed E-state index contributed by atoms with van der Waals surface area (Å²) in [6.07, 6.45) is 0. The summed E-state index contributed by atoms with van der Waals surface area (Å²) in [6, 6.07) is 12.0. The van der Waals surface area contributed by atoms with Crippen molar-refractivity contribution in [1.82, 2.24) is 0 Å². The first-order valence-electron chi connectivity index (χ1n) is 5.18. The third-order valence-electron chi connectivity index (χ3n) is 2.45. The first-order valence-corrected chi connectivity index (χ1v) is 6.79. The molecule has 0 amide bonds. The van der Waals surface area contributed by atoms with Crippen LogP contribution in [-0.2, 0) is 6.54 Å². The molecule has 2 rings (SSSR count). The van der Waals surface area contributed by atoms with Crippen LogP contribution in [0.1, 0.15) is 16.0 Å². The van der Waals surface area contributed by atoms with Crippen LogP contribution in [-0.4, -0.2) is 0 Å². The van der Waals surface area contributed by atoms with Gasteiger partial charge in [-0.2, -0.15) is 5.26 Å². The van der Waals surface area contributed by atoms with Crippen molar-refractivity contribution in [2.24, 2.45) is 0 Å². The minimum atomic E-state index is 0.686. The summed E-state index contributed by atoms with van der Waals surface area (Å²) in [5.74, 6) is 0. The van der Waals surface area contributed by atoms with E-state index in [4.69, 9.17) is 5.26 Å². The second-order valence-electron chi connectivity index (χ2n) is 3.70. The van der Waals surface area contributed by atoms with Gasteiger partial charge in [-0.3, -0.25) is 0 Å². The van der Waals surface area contributed by atoms with Gasteiger partial charge in [-0.1, -0.05) is 6.07 Å². The molecule has 0 aliphatic heterocycles. The minimum absolute atomic E-state index is 0.686. The molecule has 86 valence electrons. The quantitative estimate of drug-likeness (QED) is 0.917. The smallest absolute Gasteiger partial charge is 0.0992 e. The standard InChI is InChI=1S/C13H11BrN2S/c1-9-2-3-10(7-15)6-12(9)16-8-11-4-5-13(14)17-11/h2-6,16H,8H2,1H3. The summed E-state index contributed by atoms with van der Waals surface area (Å²) < 4.78 is 1.14. The number of nitrogens with zero attached hydrogens (tertiary/aromatic N) is 1. The van der Waals surface area contributed by atoms with Crippen LogP contribution in [0.25, 0.3) is 0 Å². The van der Waals surface area contributed by atoms with Crippen molar-refractivity contribution in [3.63, 3.8) is 0 Å². The molecule has 0 bridgehead atoms. The second kappa shape index (κ2) is 5.35. The number of anilines is 1. The summed E-state index contributed by atoms with van der Waals surface area (Å²) in [7, 11) is 0. The van der Waals surface area contributed by atoms with E-state index >= 15 is 0 Å². The largest absolute Gasteiger partial charge is 0.380 e. The van der Waals surface area contributed by atoms with Crippen molar-refractivity contribution >= 4 is 33.0 Å². The molecule has 0 saturated carbocycles. The molecular weight excluding hydrogens is 296 g/mol. The fourth-order valence-electron chi connectivity index (χ4n) is 1.51. The van der Waals surface area contributed by atoms with Gasteiger partial charge in [0.25, 0.3) is 0 Å². The fraction of sp³-hybridized carbons (Fsp3) is 0.154. The van der Waals surface area contributed by atoms with Crippen LogP contribution in [0.5, 0.6) is 0 Å². The molecule has 0 aliphatic rings. The highest BCUT2D eigenvalue weighted by Gasteiger charge is 2.01. The lowest BCUT2D eigenvalue weighted by Gasteiger charge is -2.08. The molecule has 2 nitrogen and oxygen atoms in total. The summed E-state index contributed by atoms with van der Waals surface area (Å²) in [4.78, 5) is 1.26. The average Bonchev–Trinajstić information content (AvgIpc) is 2.74. The normalized spacial score (nSPS) is 9.94. The number of hydrogen-bond acceptors (Lipinski definition) is 3. The van der Waals surface area contributed by atoms with E-state index in [1.165, 1.54) is 4.88 Å². The molecule has 0 atom stereocenters. The molecule has 0 spiro atoms. The van der Waals surface area contributed by atoms with Crippen LogP contribution >= 0.6 is 27.3 Å². The second-order valence-corrected chi connectivity index (χ2v) is 6.25. The van der Waals surface area contributed by atoms with Gasteiger partial charge in [0.15, 0.2) is 0 Å². The van der Waals surface area contributed by atoms with E-state index < -0.39 is 0 Å². The van der Waals surface area contributed by atoms with Crippen LogP contribution in [0.4, 0.5) is 5.69 Å². The maximum absolute atomic E-state index is 8.86. The third kappa shape index (κ3) is 3.09. The molecular formula is C13H11BrN2S. The number of hydrogen-bond donors (Lipinski definition) is 1. The Morgan fingerprint density at radius 3 is 2.82 bits per heavy atom. The molecule has 1 N–H and O–H groups in total. The first-order chi connectivity index (χ1) is 8.19. The SMILES string of the molecule is Cc1ccc(C#N)cc1NCc1ccc(Br)s1. The van der Waals surface area contributed by atoms with Gasteiger partial charge in [0.2, 0.25) is 0 Å². The third-order valence-corrected chi connectivity index (χ3v) is 4.07. The van der Waals surface area contributed by atoms with E-state index in [-0.39, 0.29) is 0 Å². The molecule has 0 unspecified atom stereocenters.